The summed E-state index contributed by atoms with van der Waals surface area (Å²) in [6.45, 7) is 5.21. The van der Waals surface area contributed by atoms with Crippen molar-refractivity contribution < 1.29 is 4.79 Å². The summed E-state index contributed by atoms with van der Waals surface area (Å²) >= 11 is 5.92. The highest BCUT2D eigenvalue weighted by Gasteiger charge is 2.21. The van der Waals surface area contributed by atoms with Crippen LogP contribution in [0.4, 0.5) is 0 Å². The number of benzene rings is 2. The van der Waals surface area contributed by atoms with Crippen LogP contribution in [0, 0.1) is 0 Å². The Kier molecular flexibility index (Phi) is 6.27. The van der Waals surface area contributed by atoms with Gasteiger partial charge in [0.05, 0.1) is 6.42 Å². The van der Waals surface area contributed by atoms with E-state index in [-0.39, 0.29) is 5.91 Å². The number of carbonyl (C=O) groups excluding carboxylic acids is 1. The van der Waals surface area contributed by atoms with E-state index >= 15 is 0 Å². The Morgan fingerprint density at radius 3 is 2.38 bits per heavy atom. The Balaban J connectivity index is 1.26. The number of rotatable bonds is 6. The Hall–Kier alpha value is -2.63. The van der Waals surface area contributed by atoms with Gasteiger partial charge >= 0.3 is 0 Å². The topological polar surface area (TPSA) is 41.4 Å². The van der Waals surface area contributed by atoms with Crippen LogP contribution in [0.2, 0.25) is 5.02 Å². The highest BCUT2D eigenvalue weighted by atomic mass is 35.5. The molecule has 0 unspecified atom stereocenters. The molecular weight excluding hydrogens is 384 g/mol. The van der Waals surface area contributed by atoms with Crippen LogP contribution in [0.3, 0.4) is 0 Å². The number of piperazine rings is 1. The SMILES string of the molecule is O=C(Cc1ccc(Cl)cc1)N1CCN(CCn2ccnc2-c2ccccc2)CC1. The Labute approximate surface area is 176 Å². The minimum atomic E-state index is 0.188. The molecule has 1 amide bonds. The first-order valence-electron chi connectivity index (χ1n) is 10.0. The van der Waals surface area contributed by atoms with Gasteiger partial charge in [0, 0.05) is 62.2 Å². The predicted molar refractivity (Wildman–Crippen MR) is 116 cm³/mol. The fraction of sp³-hybridized carbons (Fsp3) is 0.304. The average Bonchev–Trinajstić information content (AvgIpc) is 3.23. The Morgan fingerprint density at radius 1 is 0.931 bits per heavy atom. The van der Waals surface area contributed by atoms with Gasteiger partial charge in [-0.05, 0) is 17.7 Å². The minimum Gasteiger partial charge on any atom is -0.340 e. The summed E-state index contributed by atoms with van der Waals surface area (Å²) in [6.07, 6.45) is 4.33. The maximum Gasteiger partial charge on any atom is 0.227 e. The van der Waals surface area contributed by atoms with Gasteiger partial charge < -0.3 is 9.47 Å². The van der Waals surface area contributed by atoms with Gasteiger partial charge in [0.1, 0.15) is 5.82 Å². The van der Waals surface area contributed by atoms with E-state index in [0.717, 1.165) is 56.2 Å². The summed E-state index contributed by atoms with van der Waals surface area (Å²) in [7, 11) is 0. The van der Waals surface area contributed by atoms with Crippen LogP contribution in [-0.2, 0) is 17.8 Å². The molecule has 0 N–H and O–H groups in total. The lowest BCUT2D eigenvalue weighted by Gasteiger charge is -2.35. The Bertz CT molecular complexity index is 931. The van der Waals surface area contributed by atoms with Crippen molar-refractivity contribution in [2.75, 3.05) is 32.7 Å². The molecule has 1 saturated heterocycles. The normalized spacial score (nSPS) is 14.9. The first-order chi connectivity index (χ1) is 14.2. The smallest absolute Gasteiger partial charge is 0.227 e. The van der Waals surface area contributed by atoms with E-state index < -0.39 is 0 Å². The molecule has 29 heavy (non-hydrogen) atoms. The zero-order valence-electron chi connectivity index (χ0n) is 16.4. The fourth-order valence-electron chi connectivity index (χ4n) is 3.70. The Morgan fingerprint density at radius 2 is 1.66 bits per heavy atom. The molecule has 150 valence electrons. The van der Waals surface area contributed by atoms with Crippen LogP contribution in [0.25, 0.3) is 11.4 Å². The van der Waals surface area contributed by atoms with Crippen LogP contribution in [0.1, 0.15) is 5.56 Å². The molecule has 2 heterocycles. The summed E-state index contributed by atoms with van der Waals surface area (Å²) in [5, 5.41) is 0.697. The lowest BCUT2D eigenvalue weighted by Crippen LogP contribution is -2.49. The molecule has 3 aromatic rings. The maximum atomic E-state index is 12.6. The third-order valence-corrected chi connectivity index (χ3v) is 5.65. The predicted octanol–water partition coefficient (Wildman–Crippen LogP) is 3.59. The van der Waals surface area contributed by atoms with Gasteiger partial charge in [-0.3, -0.25) is 9.69 Å². The molecule has 6 heteroatoms. The van der Waals surface area contributed by atoms with Gasteiger partial charge in [-0.1, -0.05) is 54.1 Å². The van der Waals surface area contributed by atoms with Crippen molar-refractivity contribution in [1.29, 1.82) is 0 Å². The van der Waals surface area contributed by atoms with Crippen molar-refractivity contribution in [3.05, 3.63) is 77.6 Å². The number of carbonyl (C=O) groups is 1. The molecule has 0 radical (unpaired) electrons. The zero-order chi connectivity index (χ0) is 20.1. The third kappa shape index (κ3) is 5.05. The van der Waals surface area contributed by atoms with Crippen LogP contribution >= 0.6 is 11.6 Å². The summed E-state index contributed by atoms with van der Waals surface area (Å²) < 4.78 is 2.20. The molecule has 5 nitrogen and oxygen atoms in total. The van der Waals surface area contributed by atoms with E-state index in [1.165, 1.54) is 0 Å². The second kappa shape index (κ2) is 9.25. The van der Waals surface area contributed by atoms with Gasteiger partial charge in [-0.2, -0.15) is 0 Å². The number of amides is 1. The quantitative estimate of drug-likeness (QED) is 0.626. The van der Waals surface area contributed by atoms with Crippen LogP contribution in [0.5, 0.6) is 0 Å². The number of nitrogens with zero attached hydrogens (tertiary/aromatic N) is 4. The highest BCUT2D eigenvalue weighted by molar-refractivity contribution is 6.30. The van der Waals surface area contributed by atoms with Gasteiger partial charge in [-0.25, -0.2) is 4.98 Å². The largest absolute Gasteiger partial charge is 0.340 e. The summed E-state index contributed by atoms with van der Waals surface area (Å²) in [6, 6.07) is 17.8. The first-order valence-corrected chi connectivity index (χ1v) is 10.4. The minimum absolute atomic E-state index is 0.188. The van der Waals surface area contributed by atoms with E-state index in [0.29, 0.717) is 11.4 Å². The molecule has 0 spiro atoms. The van der Waals surface area contributed by atoms with Crippen molar-refractivity contribution in [3.63, 3.8) is 0 Å². The van der Waals surface area contributed by atoms with Gasteiger partial charge in [-0.15, -0.1) is 0 Å². The molecule has 2 aromatic carbocycles. The molecule has 0 saturated carbocycles. The zero-order valence-corrected chi connectivity index (χ0v) is 17.1. The number of hydrogen-bond donors (Lipinski definition) is 0. The third-order valence-electron chi connectivity index (χ3n) is 5.40. The second-order valence-corrected chi connectivity index (χ2v) is 7.77. The highest BCUT2D eigenvalue weighted by Crippen LogP contribution is 2.17. The van der Waals surface area contributed by atoms with E-state index in [2.05, 4.69) is 26.6 Å². The molecule has 1 aliphatic heterocycles. The van der Waals surface area contributed by atoms with Crippen molar-refractivity contribution >= 4 is 17.5 Å². The molecule has 1 aliphatic rings. The number of aromatic nitrogens is 2. The average molecular weight is 409 g/mol. The van der Waals surface area contributed by atoms with E-state index in [1.54, 1.807) is 0 Å². The monoisotopic (exact) mass is 408 g/mol. The van der Waals surface area contributed by atoms with E-state index in [1.807, 2.05) is 59.8 Å². The molecule has 0 aliphatic carbocycles. The number of hydrogen-bond acceptors (Lipinski definition) is 3. The summed E-state index contributed by atoms with van der Waals surface area (Å²) in [5.74, 6) is 1.19. The van der Waals surface area contributed by atoms with E-state index in [4.69, 9.17) is 11.6 Å². The first kappa shape index (κ1) is 19.7. The number of halogens is 1. The van der Waals surface area contributed by atoms with Crippen molar-refractivity contribution in [1.82, 2.24) is 19.4 Å². The molecular formula is C23H25ClN4O. The second-order valence-electron chi connectivity index (χ2n) is 7.34. The van der Waals surface area contributed by atoms with Crippen LogP contribution in [0.15, 0.2) is 67.0 Å². The van der Waals surface area contributed by atoms with Gasteiger partial charge in [0.2, 0.25) is 5.91 Å². The molecule has 4 rings (SSSR count). The van der Waals surface area contributed by atoms with Crippen molar-refractivity contribution in [3.8, 4) is 11.4 Å². The summed E-state index contributed by atoms with van der Waals surface area (Å²) in [4.78, 5) is 21.5. The van der Waals surface area contributed by atoms with Crippen LogP contribution < -0.4 is 0 Å². The van der Waals surface area contributed by atoms with Gasteiger partial charge in [0.15, 0.2) is 0 Å². The molecule has 0 bridgehead atoms. The molecule has 1 aromatic heterocycles. The maximum absolute atomic E-state index is 12.6. The lowest BCUT2D eigenvalue weighted by atomic mass is 10.1. The fourth-order valence-corrected chi connectivity index (χ4v) is 3.82. The summed E-state index contributed by atoms with van der Waals surface area (Å²) in [5.41, 5.74) is 2.14. The van der Waals surface area contributed by atoms with Crippen molar-refractivity contribution in [2.24, 2.45) is 0 Å². The van der Waals surface area contributed by atoms with Crippen LogP contribution in [-0.4, -0.2) is 58.0 Å². The molecule has 1 fully saturated rings. The lowest BCUT2D eigenvalue weighted by molar-refractivity contribution is -0.132. The van der Waals surface area contributed by atoms with E-state index in [9.17, 15) is 4.79 Å². The van der Waals surface area contributed by atoms with Crippen molar-refractivity contribution in [2.45, 2.75) is 13.0 Å². The number of imidazole rings is 1. The standard InChI is InChI=1S/C23H25ClN4O/c24-21-8-6-19(7-9-21)18-22(29)27-15-12-26(13-16-27)14-17-28-11-10-25-23(28)20-4-2-1-3-5-20/h1-11H,12-18H2. The van der Waals surface area contributed by atoms with Gasteiger partial charge in [0.25, 0.3) is 0 Å². The molecule has 0 atom stereocenters.